The van der Waals surface area contributed by atoms with Crippen molar-refractivity contribution in [3.63, 3.8) is 0 Å². The standard InChI is InChI=1S/C22H19ClO2/c1-15-4-3-5-16(2)22(15)20-12-18(8-11-21(20)23)14-25-19-9-6-17(13-24)7-10-19/h3-13H,14H2,1-2H3. The molecule has 3 aromatic rings. The van der Waals surface area contributed by atoms with Crippen LogP contribution in [0.2, 0.25) is 5.02 Å². The summed E-state index contributed by atoms with van der Waals surface area (Å²) in [6.07, 6.45) is 0.819. The fourth-order valence-corrected chi connectivity index (χ4v) is 3.11. The smallest absolute Gasteiger partial charge is 0.150 e. The van der Waals surface area contributed by atoms with Crippen LogP contribution in [0.15, 0.2) is 60.7 Å². The third-order valence-electron chi connectivity index (χ3n) is 4.20. The van der Waals surface area contributed by atoms with Crippen molar-refractivity contribution in [1.29, 1.82) is 0 Å². The van der Waals surface area contributed by atoms with Crippen molar-refractivity contribution in [3.8, 4) is 16.9 Å². The SMILES string of the molecule is Cc1cccc(C)c1-c1cc(COc2ccc(C=O)cc2)ccc1Cl. The summed E-state index contributed by atoms with van der Waals surface area (Å²) in [5.41, 5.74) is 6.27. The minimum atomic E-state index is 0.440. The van der Waals surface area contributed by atoms with Gasteiger partial charge in [0.05, 0.1) is 0 Å². The molecule has 0 unspecified atom stereocenters. The van der Waals surface area contributed by atoms with Crippen molar-refractivity contribution in [2.75, 3.05) is 0 Å². The second-order valence-corrected chi connectivity index (χ2v) is 6.46. The van der Waals surface area contributed by atoms with Crippen molar-refractivity contribution < 1.29 is 9.53 Å². The van der Waals surface area contributed by atoms with E-state index < -0.39 is 0 Å². The van der Waals surface area contributed by atoms with Crippen LogP contribution in [0.1, 0.15) is 27.0 Å². The Balaban J connectivity index is 1.85. The van der Waals surface area contributed by atoms with Crippen molar-refractivity contribution in [2.24, 2.45) is 0 Å². The van der Waals surface area contributed by atoms with E-state index >= 15 is 0 Å². The zero-order valence-corrected chi connectivity index (χ0v) is 15.0. The number of hydrogen-bond acceptors (Lipinski definition) is 2. The Hall–Kier alpha value is -2.58. The minimum Gasteiger partial charge on any atom is -0.489 e. The van der Waals surface area contributed by atoms with Gasteiger partial charge in [-0.15, -0.1) is 0 Å². The predicted octanol–water partition coefficient (Wildman–Crippen LogP) is 6.02. The highest BCUT2D eigenvalue weighted by molar-refractivity contribution is 6.33. The molecular formula is C22H19ClO2. The summed E-state index contributed by atoms with van der Waals surface area (Å²) in [6.45, 7) is 4.63. The minimum absolute atomic E-state index is 0.440. The van der Waals surface area contributed by atoms with Gasteiger partial charge < -0.3 is 4.74 Å². The van der Waals surface area contributed by atoms with Crippen LogP contribution in [0.5, 0.6) is 5.75 Å². The molecule has 0 fully saturated rings. The number of carbonyl (C=O) groups excluding carboxylic acids is 1. The van der Waals surface area contributed by atoms with Gasteiger partial charge in [-0.25, -0.2) is 0 Å². The molecule has 0 radical (unpaired) electrons. The summed E-state index contributed by atoms with van der Waals surface area (Å²) < 4.78 is 5.82. The zero-order chi connectivity index (χ0) is 17.8. The lowest BCUT2D eigenvalue weighted by molar-refractivity contribution is 0.112. The van der Waals surface area contributed by atoms with E-state index in [1.807, 2.05) is 12.1 Å². The topological polar surface area (TPSA) is 26.3 Å². The van der Waals surface area contributed by atoms with Crippen molar-refractivity contribution in [1.82, 2.24) is 0 Å². The average Bonchev–Trinajstić information content (AvgIpc) is 2.62. The van der Waals surface area contributed by atoms with Gasteiger partial charge in [-0.2, -0.15) is 0 Å². The van der Waals surface area contributed by atoms with Gasteiger partial charge in [0.15, 0.2) is 0 Å². The Morgan fingerprint density at radius 2 is 1.64 bits per heavy atom. The molecule has 0 spiro atoms. The van der Waals surface area contributed by atoms with Crippen LogP contribution in [0.3, 0.4) is 0 Å². The number of carbonyl (C=O) groups is 1. The molecule has 0 atom stereocenters. The van der Waals surface area contributed by atoms with Gasteiger partial charge in [-0.3, -0.25) is 4.79 Å². The maximum absolute atomic E-state index is 10.7. The largest absolute Gasteiger partial charge is 0.489 e. The van der Waals surface area contributed by atoms with E-state index in [1.54, 1.807) is 24.3 Å². The lowest BCUT2D eigenvalue weighted by atomic mass is 9.94. The van der Waals surface area contributed by atoms with Gasteiger partial charge in [0.1, 0.15) is 18.6 Å². The number of ether oxygens (including phenoxy) is 1. The first-order chi connectivity index (χ1) is 12.1. The summed E-state index contributed by atoms with van der Waals surface area (Å²) in [6, 6.07) is 19.3. The van der Waals surface area contributed by atoms with Crippen molar-refractivity contribution in [2.45, 2.75) is 20.5 Å². The lowest BCUT2D eigenvalue weighted by Crippen LogP contribution is -1.97. The normalized spacial score (nSPS) is 10.5. The molecular weight excluding hydrogens is 332 g/mol. The van der Waals surface area contributed by atoms with E-state index in [-0.39, 0.29) is 0 Å². The molecule has 0 saturated heterocycles. The third kappa shape index (κ3) is 3.92. The molecule has 126 valence electrons. The van der Waals surface area contributed by atoms with Crippen molar-refractivity contribution in [3.05, 3.63) is 87.9 Å². The van der Waals surface area contributed by atoms with Crippen LogP contribution in [-0.2, 0) is 6.61 Å². The van der Waals surface area contributed by atoms with E-state index in [2.05, 4.69) is 38.1 Å². The number of aldehydes is 1. The molecule has 3 heteroatoms. The third-order valence-corrected chi connectivity index (χ3v) is 4.53. The van der Waals surface area contributed by atoms with Crippen LogP contribution >= 0.6 is 11.6 Å². The molecule has 0 amide bonds. The summed E-state index contributed by atoms with van der Waals surface area (Å²) in [7, 11) is 0. The quantitative estimate of drug-likeness (QED) is 0.526. The maximum atomic E-state index is 10.7. The summed E-state index contributed by atoms with van der Waals surface area (Å²) in [5, 5.41) is 0.733. The Morgan fingerprint density at radius 1 is 0.960 bits per heavy atom. The summed E-state index contributed by atoms with van der Waals surface area (Å²) in [5.74, 6) is 0.731. The molecule has 0 N–H and O–H groups in total. The van der Waals surface area contributed by atoms with Gasteiger partial charge >= 0.3 is 0 Å². The average molecular weight is 351 g/mol. The second kappa shape index (κ2) is 7.54. The molecule has 0 aliphatic heterocycles. The van der Waals surface area contributed by atoms with Gasteiger partial charge in [0, 0.05) is 16.1 Å². The molecule has 3 rings (SSSR count). The molecule has 2 nitrogen and oxygen atoms in total. The van der Waals surface area contributed by atoms with E-state index in [0.29, 0.717) is 12.2 Å². The van der Waals surface area contributed by atoms with Crippen molar-refractivity contribution >= 4 is 17.9 Å². The highest BCUT2D eigenvalue weighted by Crippen LogP contribution is 2.33. The van der Waals surface area contributed by atoms with Crippen LogP contribution in [0.4, 0.5) is 0 Å². The first-order valence-electron chi connectivity index (χ1n) is 8.11. The van der Waals surface area contributed by atoms with E-state index in [0.717, 1.165) is 28.2 Å². The van der Waals surface area contributed by atoms with E-state index in [1.165, 1.54) is 16.7 Å². The van der Waals surface area contributed by atoms with Gasteiger partial charge in [0.25, 0.3) is 0 Å². The van der Waals surface area contributed by atoms with Gasteiger partial charge in [0.2, 0.25) is 0 Å². The second-order valence-electron chi connectivity index (χ2n) is 6.06. The highest BCUT2D eigenvalue weighted by Gasteiger charge is 2.10. The highest BCUT2D eigenvalue weighted by atomic mass is 35.5. The molecule has 0 aliphatic carbocycles. The Kier molecular flexibility index (Phi) is 5.20. The molecule has 3 aromatic carbocycles. The molecule has 0 heterocycles. The number of benzene rings is 3. The molecule has 0 aliphatic rings. The van der Waals surface area contributed by atoms with Gasteiger partial charge in [-0.05, 0) is 72.5 Å². The Morgan fingerprint density at radius 3 is 2.28 bits per heavy atom. The lowest BCUT2D eigenvalue weighted by Gasteiger charge is -2.14. The fourth-order valence-electron chi connectivity index (χ4n) is 2.90. The van der Waals surface area contributed by atoms with E-state index in [4.69, 9.17) is 16.3 Å². The fraction of sp³-hybridized carbons (Fsp3) is 0.136. The van der Waals surface area contributed by atoms with Crippen LogP contribution in [0, 0.1) is 13.8 Å². The summed E-state index contributed by atoms with van der Waals surface area (Å²) in [4.78, 5) is 10.7. The molecule has 0 aromatic heterocycles. The predicted molar refractivity (Wildman–Crippen MR) is 103 cm³/mol. The van der Waals surface area contributed by atoms with E-state index in [9.17, 15) is 4.79 Å². The Bertz CT molecular complexity index is 878. The number of rotatable bonds is 5. The Labute approximate surface area is 153 Å². The first kappa shape index (κ1) is 17.2. The first-order valence-corrected chi connectivity index (χ1v) is 8.49. The number of hydrogen-bond donors (Lipinski definition) is 0. The van der Waals surface area contributed by atoms with Crippen LogP contribution in [-0.4, -0.2) is 6.29 Å². The molecule has 0 saturated carbocycles. The number of halogens is 1. The maximum Gasteiger partial charge on any atom is 0.150 e. The summed E-state index contributed by atoms with van der Waals surface area (Å²) >= 11 is 6.45. The van der Waals surface area contributed by atoms with Crippen LogP contribution in [0.25, 0.3) is 11.1 Å². The van der Waals surface area contributed by atoms with Gasteiger partial charge in [-0.1, -0.05) is 35.9 Å². The van der Waals surface area contributed by atoms with Crippen LogP contribution < -0.4 is 4.74 Å². The monoisotopic (exact) mass is 350 g/mol. The zero-order valence-electron chi connectivity index (χ0n) is 14.3. The number of aryl methyl sites for hydroxylation is 2. The molecule has 0 bridgehead atoms. The molecule has 25 heavy (non-hydrogen) atoms.